The van der Waals surface area contributed by atoms with Crippen molar-refractivity contribution in [1.29, 1.82) is 0 Å². The van der Waals surface area contributed by atoms with Crippen molar-refractivity contribution < 1.29 is 13.2 Å². The van der Waals surface area contributed by atoms with Crippen LogP contribution < -0.4 is 0 Å². The van der Waals surface area contributed by atoms with Crippen molar-refractivity contribution in [3.8, 4) is 0 Å². The molecule has 0 amide bonds. The van der Waals surface area contributed by atoms with Crippen LogP contribution in [-0.4, -0.2) is 14.8 Å². The fourth-order valence-corrected chi connectivity index (χ4v) is 3.45. The molecule has 0 aromatic carbocycles. The second-order valence-electron chi connectivity index (χ2n) is 3.61. The lowest BCUT2D eigenvalue weighted by Gasteiger charge is -2.23. The predicted molar refractivity (Wildman–Crippen MR) is 52.2 cm³/mol. The summed E-state index contributed by atoms with van der Waals surface area (Å²) in [6, 6.07) is 0. The van der Waals surface area contributed by atoms with Crippen molar-refractivity contribution in [2.24, 2.45) is 11.3 Å². The Hall–Kier alpha value is 0.950. The highest BCUT2D eigenvalue weighted by Crippen LogP contribution is 2.81. The first kappa shape index (κ1) is 13.0. The highest BCUT2D eigenvalue weighted by atomic mass is 35.5. The minimum absolute atomic E-state index is 0.964. The zero-order valence-electron chi connectivity index (χ0n) is 7.22. The summed E-state index contributed by atoms with van der Waals surface area (Å²) in [5.41, 5.74) is -1.58. The molecular weight excluding hydrogens is 283 g/mol. The standard InChI is InChI=1S/C7H7Cl4F3/c1-3(5(12,13)14)4(2)6(8,9)7(4,10)11/h3H,1-2H3. The number of hydrogen-bond donors (Lipinski definition) is 0. The largest absolute Gasteiger partial charge is 0.392 e. The molecule has 0 spiro atoms. The van der Waals surface area contributed by atoms with Crippen molar-refractivity contribution in [3.63, 3.8) is 0 Å². The van der Waals surface area contributed by atoms with Gasteiger partial charge in [0, 0.05) is 0 Å². The quantitative estimate of drug-likeness (QED) is 0.621. The lowest BCUT2D eigenvalue weighted by Crippen LogP contribution is -2.31. The fourth-order valence-electron chi connectivity index (χ4n) is 1.43. The van der Waals surface area contributed by atoms with Crippen LogP contribution in [0, 0.1) is 11.3 Å². The Balaban J connectivity index is 3.03. The summed E-state index contributed by atoms with van der Waals surface area (Å²) in [5, 5.41) is 0. The summed E-state index contributed by atoms with van der Waals surface area (Å²) in [5.74, 6) is -1.76. The molecule has 1 unspecified atom stereocenters. The van der Waals surface area contributed by atoms with Crippen LogP contribution in [0.2, 0.25) is 0 Å². The van der Waals surface area contributed by atoms with E-state index < -0.39 is 26.2 Å². The zero-order chi connectivity index (χ0) is 11.6. The monoisotopic (exact) mass is 288 g/mol. The summed E-state index contributed by atoms with van der Waals surface area (Å²) in [6.07, 6.45) is -4.42. The van der Waals surface area contributed by atoms with Crippen LogP contribution in [0.25, 0.3) is 0 Å². The highest BCUT2D eigenvalue weighted by molar-refractivity contribution is 6.69. The van der Waals surface area contributed by atoms with E-state index in [1.54, 1.807) is 0 Å². The Morgan fingerprint density at radius 1 is 1.00 bits per heavy atom. The molecule has 0 heterocycles. The molecule has 1 atom stereocenters. The molecule has 1 aliphatic rings. The first-order valence-electron chi connectivity index (χ1n) is 3.73. The molecule has 84 valence electrons. The van der Waals surface area contributed by atoms with Gasteiger partial charge in [0.2, 0.25) is 0 Å². The zero-order valence-corrected chi connectivity index (χ0v) is 10.2. The van der Waals surface area contributed by atoms with Crippen LogP contribution in [0.4, 0.5) is 13.2 Å². The van der Waals surface area contributed by atoms with E-state index >= 15 is 0 Å². The lowest BCUT2D eigenvalue weighted by atomic mass is 9.92. The van der Waals surface area contributed by atoms with E-state index in [-0.39, 0.29) is 0 Å². The number of alkyl halides is 7. The number of hydrogen-bond acceptors (Lipinski definition) is 0. The van der Waals surface area contributed by atoms with Gasteiger partial charge in [0.25, 0.3) is 0 Å². The van der Waals surface area contributed by atoms with Crippen molar-refractivity contribution in [3.05, 3.63) is 0 Å². The van der Waals surface area contributed by atoms with Crippen LogP contribution in [-0.2, 0) is 0 Å². The van der Waals surface area contributed by atoms with E-state index in [0.717, 1.165) is 6.92 Å². The van der Waals surface area contributed by atoms with Crippen molar-refractivity contribution in [2.75, 3.05) is 0 Å². The molecule has 14 heavy (non-hydrogen) atoms. The average molecular weight is 290 g/mol. The number of rotatable bonds is 1. The van der Waals surface area contributed by atoms with Gasteiger partial charge in [-0.2, -0.15) is 13.2 Å². The second kappa shape index (κ2) is 2.99. The highest BCUT2D eigenvalue weighted by Gasteiger charge is 2.88. The third-order valence-electron chi connectivity index (χ3n) is 2.99. The molecule has 7 heteroatoms. The van der Waals surface area contributed by atoms with E-state index in [4.69, 9.17) is 46.4 Å². The fraction of sp³-hybridized carbons (Fsp3) is 1.00. The minimum atomic E-state index is -4.42. The predicted octanol–water partition coefficient (Wildman–Crippen LogP) is 4.55. The van der Waals surface area contributed by atoms with Crippen molar-refractivity contribution in [1.82, 2.24) is 0 Å². The Morgan fingerprint density at radius 3 is 1.36 bits per heavy atom. The molecule has 0 aliphatic heterocycles. The lowest BCUT2D eigenvalue weighted by molar-refractivity contribution is -0.186. The topological polar surface area (TPSA) is 0 Å². The molecule has 0 nitrogen and oxygen atoms in total. The molecule has 0 radical (unpaired) electrons. The van der Waals surface area contributed by atoms with E-state index in [0.29, 0.717) is 0 Å². The number of halogens is 7. The van der Waals surface area contributed by atoms with Crippen LogP contribution >= 0.6 is 46.4 Å². The van der Waals surface area contributed by atoms with E-state index in [1.807, 2.05) is 0 Å². The summed E-state index contributed by atoms with van der Waals surface area (Å²) < 4.78 is 33.8. The maximum Gasteiger partial charge on any atom is 0.392 e. The van der Waals surface area contributed by atoms with Crippen molar-refractivity contribution in [2.45, 2.75) is 28.7 Å². The van der Waals surface area contributed by atoms with Crippen LogP contribution in [0.5, 0.6) is 0 Å². The Kier molecular flexibility index (Phi) is 2.78. The first-order valence-corrected chi connectivity index (χ1v) is 5.24. The van der Waals surface area contributed by atoms with Gasteiger partial charge in [0.15, 0.2) is 8.67 Å². The normalized spacial score (nSPS) is 29.8. The SMILES string of the molecule is CC(C(F)(F)F)C1(C)C(Cl)(Cl)C1(Cl)Cl. The Bertz CT molecular complexity index is 244. The van der Waals surface area contributed by atoms with Crippen LogP contribution in [0.1, 0.15) is 13.8 Å². The maximum absolute atomic E-state index is 12.4. The molecular formula is C7H7Cl4F3. The second-order valence-corrected chi connectivity index (χ2v) is 6.27. The van der Waals surface area contributed by atoms with Crippen molar-refractivity contribution >= 4 is 46.4 Å². The third kappa shape index (κ3) is 1.28. The summed E-state index contributed by atoms with van der Waals surface area (Å²) in [7, 11) is 0. The molecule has 1 aliphatic carbocycles. The molecule has 0 aromatic heterocycles. The van der Waals surface area contributed by atoms with Gasteiger partial charge in [-0.15, -0.1) is 0 Å². The molecule has 1 fully saturated rings. The van der Waals surface area contributed by atoms with Gasteiger partial charge in [-0.3, -0.25) is 0 Å². The van der Waals surface area contributed by atoms with Gasteiger partial charge < -0.3 is 0 Å². The minimum Gasteiger partial charge on any atom is -0.171 e. The Morgan fingerprint density at radius 2 is 1.29 bits per heavy atom. The van der Waals surface area contributed by atoms with Gasteiger partial charge in [0.1, 0.15) is 0 Å². The smallest absolute Gasteiger partial charge is 0.171 e. The molecule has 0 bridgehead atoms. The van der Waals surface area contributed by atoms with Gasteiger partial charge in [-0.25, -0.2) is 0 Å². The van der Waals surface area contributed by atoms with Crippen LogP contribution in [0.3, 0.4) is 0 Å². The van der Waals surface area contributed by atoms with E-state index in [1.165, 1.54) is 6.92 Å². The maximum atomic E-state index is 12.4. The first-order chi connectivity index (χ1) is 5.90. The molecule has 1 rings (SSSR count). The van der Waals surface area contributed by atoms with Crippen LogP contribution in [0.15, 0.2) is 0 Å². The molecule has 0 saturated heterocycles. The van der Waals surface area contributed by atoms with Gasteiger partial charge in [-0.1, -0.05) is 60.3 Å². The Labute approximate surface area is 99.6 Å². The molecule has 0 N–H and O–H groups in total. The van der Waals surface area contributed by atoms with Gasteiger partial charge in [-0.05, 0) is 0 Å². The van der Waals surface area contributed by atoms with Gasteiger partial charge in [0.05, 0.1) is 11.3 Å². The van der Waals surface area contributed by atoms with E-state index in [2.05, 4.69) is 0 Å². The summed E-state index contributed by atoms with van der Waals surface area (Å²) in [6.45, 7) is 2.19. The summed E-state index contributed by atoms with van der Waals surface area (Å²) >= 11 is 22.6. The van der Waals surface area contributed by atoms with Gasteiger partial charge >= 0.3 is 6.18 Å². The molecule has 0 aromatic rings. The summed E-state index contributed by atoms with van der Waals surface area (Å²) in [4.78, 5) is 0. The third-order valence-corrected chi connectivity index (χ3v) is 6.08. The average Bonchev–Trinajstić information content (AvgIpc) is 2.26. The van der Waals surface area contributed by atoms with E-state index in [9.17, 15) is 13.2 Å². The molecule has 1 saturated carbocycles.